The van der Waals surface area contributed by atoms with Crippen molar-refractivity contribution in [2.24, 2.45) is 5.73 Å². The molecule has 1 aromatic heterocycles. The minimum atomic E-state index is 0.379. The highest BCUT2D eigenvalue weighted by atomic mass is 32.1. The van der Waals surface area contributed by atoms with Crippen LogP contribution in [0.1, 0.15) is 24.4 Å². The number of rotatable bonds is 3. The lowest BCUT2D eigenvalue weighted by molar-refractivity contribution is 0.0743. The van der Waals surface area contributed by atoms with Crippen LogP contribution in [0, 0.1) is 0 Å². The van der Waals surface area contributed by atoms with Crippen molar-refractivity contribution in [2.75, 3.05) is 32.7 Å². The molecule has 3 heterocycles. The number of piperazine rings is 1. The highest BCUT2D eigenvalue weighted by Gasteiger charge is 2.34. The topological polar surface area (TPSA) is 32.5 Å². The van der Waals surface area contributed by atoms with Gasteiger partial charge in [-0.25, -0.2) is 0 Å². The molecule has 2 fully saturated rings. The van der Waals surface area contributed by atoms with Crippen molar-refractivity contribution < 1.29 is 0 Å². The van der Waals surface area contributed by atoms with Crippen LogP contribution >= 0.6 is 11.3 Å². The summed E-state index contributed by atoms with van der Waals surface area (Å²) in [5.74, 6) is 0. The average Bonchev–Trinajstić information content (AvgIpc) is 3.15. The fourth-order valence-electron chi connectivity index (χ4n) is 4.03. The first kappa shape index (κ1) is 13.7. The molecule has 2 N–H and O–H groups in total. The molecule has 2 unspecified atom stereocenters. The number of benzene rings is 1. The molecule has 0 bridgehead atoms. The van der Waals surface area contributed by atoms with E-state index in [2.05, 4.69) is 39.4 Å². The summed E-state index contributed by atoms with van der Waals surface area (Å²) in [5.41, 5.74) is 7.61. The van der Waals surface area contributed by atoms with Gasteiger partial charge in [0.05, 0.1) is 0 Å². The van der Waals surface area contributed by atoms with Gasteiger partial charge < -0.3 is 5.73 Å². The molecule has 2 aliphatic rings. The first-order valence-corrected chi connectivity index (χ1v) is 8.89. The van der Waals surface area contributed by atoms with E-state index in [-0.39, 0.29) is 0 Å². The molecule has 21 heavy (non-hydrogen) atoms. The number of hydrogen-bond donors (Lipinski definition) is 1. The maximum atomic E-state index is 6.17. The van der Waals surface area contributed by atoms with Crippen LogP contribution in [0.15, 0.2) is 29.6 Å². The number of hydrogen-bond acceptors (Lipinski definition) is 4. The predicted molar refractivity (Wildman–Crippen MR) is 89.8 cm³/mol. The van der Waals surface area contributed by atoms with Gasteiger partial charge in [-0.2, -0.15) is 0 Å². The van der Waals surface area contributed by atoms with Crippen LogP contribution in [0.25, 0.3) is 10.1 Å². The summed E-state index contributed by atoms with van der Waals surface area (Å²) in [6.45, 7) is 5.57. The van der Waals surface area contributed by atoms with Gasteiger partial charge in [-0.15, -0.1) is 11.3 Å². The Bertz CT molecular complexity index is 623. The molecule has 4 heteroatoms. The summed E-state index contributed by atoms with van der Waals surface area (Å²) in [6, 6.07) is 9.86. The minimum Gasteiger partial charge on any atom is -0.329 e. The average molecular weight is 301 g/mol. The lowest BCUT2D eigenvalue weighted by Gasteiger charge is -2.41. The van der Waals surface area contributed by atoms with Gasteiger partial charge in [0.25, 0.3) is 0 Å². The molecule has 0 amide bonds. The molecule has 0 radical (unpaired) electrons. The third-order valence-electron chi connectivity index (χ3n) is 5.15. The van der Waals surface area contributed by atoms with Crippen molar-refractivity contribution >= 4 is 21.4 Å². The van der Waals surface area contributed by atoms with E-state index in [0.717, 1.165) is 12.6 Å². The summed E-state index contributed by atoms with van der Waals surface area (Å²) in [6.07, 6.45) is 2.73. The van der Waals surface area contributed by atoms with E-state index in [4.69, 9.17) is 5.73 Å². The van der Waals surface area contributed by atoms with Gasteiger partial charge in [0.15, 0.2) is 0 Å². The normalized spacial score (nSPS) is 25.3. The number of fused-ring (bicyclic) bond motifs is 2. The highest BCUT2D eigenvalue weighted by molar-refractivity contribution is 7.17. The van der Waals surface area contributed by atoms with Gasteiger partial charge in [0.1, 0.15) is 0 Å². The van der Waals surface area contributed by atoms with Crippen LogP contribution in [-0.2, 0) is 0 Å². The van der Waals surface area contributed by atoms with E-state index in [0.29, 0.717) is 12.6 Å². The van der Waals surface area contributed by atoms with Crippen molar-refractivity contribution in [1.29, 1.82) is 0 Å². The summed E-state index contributed by atoms with van der Waals surface area (Å²) >= 11 is 1.85. The fraction of sp³-hybridized carbons (Fsp3) is 0.529. The second-order valence-electron chi connectivity index (χ2n) is 6.27. The van der Waals surface area contributed by atoms with Crippen molar-refractivity contribution in [3.63, 3.8) is 0 Å². The molecule has 0 saturated carbocycles. The van der Waals surface area contributed by atoms with Gasteiger partial charge in [-0.05, 0) is 41.8 Å². The quantitative estimate of drug-likeness (QED) is 0.946. The van der Waals surface area contributed by atoms with Gasteiger partial charge in [-0.1, -0.05) is 18.2 Å². The van der Waals surface area contributed by atoms with E-state index >= 15 is 0 Å². The van der Waals surface area contributed by atoms with Gasteiger partial charge in [0, 0.05) is 43.0 Å². The van der Waals surface area contributed by atoms with Crippen LogP contribution in [0.2, 0.25) is 0 Å². The lowest BCUT2D eigenvalue weighted by atomic mass is 10.0. The minimum absolute atomic E-state index is 0.379. The third kappa shape index (κ3) is 2.40. The van der Waals surface area contributed by atoms with E-state index in [1.807, 2.05) is 11.3 Å². The van der Waals surface area contributed by atoms with Crippen LogP contribution in [0.5, 0.6) is 0 Å². The molecule has 4 rings (SSSR count). The zero-order chi connectivity index (χ0) is 14.2. The van der Waals surface area contributed by atoms with Crippen molar-refractivity contribution in [2.45, 2.75) is 24.9 Å². The number of thiophene rings is 1. The van der Waals surface area contributed by atoms with Gasteiger partial charge in [0.2, 0.25) is 0 Å². The maximum Gasteiger partial charge on any atom is 0.0486 e. The van der Waals surface area contributed by atoms with Crippen LogP contribution in [-0.4, -0.2) is 48.6 Å². The van der Waals surface area contributed by atoms with E-state index in [9.17, 15) is 0 Å². The SMILES string of the molecule is NCC(c1csc2ccccc12)N1CCN2CCCC2C1. The van der Waals surface area contributed by atoms with E-state index in [1.165, 1.54) is 48.1 Å². The molecule has 2 atom stereocenters. The molecule has 2 aliphatic heterocycles. The third-order valence-corrected chi connectivity index (χ3v) is 6.13. The lowest BCUT2D eigenvalue weighted by Crippen LogP contribution is -2.52. The van der Waals surface area contributed by atoms with E-state index in [1.54, 1.807) is 0 Å². The Morgan fingerprint density at radius 2 is 2.14 bits per heavy atom. The van der Waals surface area contributed by atoms with E-state index < -0.39 is 0 Å². The summed E-state index contributed by atoms with van der Waals surface area (Å²) < 4.78 is 1.38. The second-order valence-corrected chi connectivity index (χ2v) is 7.18. The Kier molecular flexibility index (Phi) is 3.71. The molecule has 2 saturated heterocycles. The Hall–Kier alpha value is -0.940. The Labute approximate surface area is 130 Å². The molecule has 1 aromatic carbocycles. The van der Waals surface area contributed by atoms with Crippen LogP contribution in [0.3, 0.4) is 0 Å². The zero-order valence-electron chi connectivity index (χ0n) is 12.4. The van der Waals surface area contributed by atoms with Crippen molar-refractivity contribution in [3.05, 3.63) is 35.2 Å². The molecule has 112 valence electrons. The standard InChI is InChI=1S/C17H23N3S/c18-10-16(15-12-21-17-6-2-1-5-14(15)17)20-9-8-19-7-3-4-13(19)11-20/h1-2,5-6,12-13,16H,3-4,7-11,18H2. The first-order valence-electron chi connectivity index (χ1n) is 8.01. The molecular formula is C17H23N3S. The van der Waals surface area contributed by atoms with Crippen molar-refractivity contribution in [1.82, 2.24) is 9.80 Å². The Morgan fingerprint density at radius 3 is 3.05 bits per heavy atom. The number of nitrogens with zero attached hydrogens (tertiary/aromatic N) is 2. The molecule has 0 aliphatic carbocycles. The Balaban J connectivity index is 1.62. The first-order chi connectivity index (χ1) is 10.4. The predicted octanol–water partition coefficient (Wildman–Crippen LogP) is 2.68. The molecule has 3 nitrogen and oxygen atoms in total. The van der Waals surface area contributed by atoms with Gasteiger partial charge in [-0.3, -0.25) is 9.80 Å². The zero-order valence-corrected chi connectivity index (χ0v) is 13.2. The molecule has 2 aromatic rings. The summed E-state index contributed by atoms with van der Waals surface area (Å²) in [5, 5.41) is 3.72. The number of nitrogens with two attached hydrogens (primary N) is 1. The smallest absolute Gasteiger partial charge is 0.0486 e. The van der Waals surface area contributed by atoms with Crippen LogP contribution in [0.4, 0.5) is 0 Å². The summed E-state index contributed by atoms with van der Waals surface area (Å²) in [7, 11) is 0. The van der Waals surface area contributed by atoms with Crippen LogP contribution < -0.4 is 5.73 Å². The van der Waals surface area contributed by atoms with Gasteiger partial charge >= 0.3 is 0 Å². The fourth-order valence-corrected chi connectivity index (χ4v) is 5.04. The second kappa shape index (κ2) is 5.69. The highest BCUT2D eigenvalue weighted by Crippen LogP contribution is 2.34. The molecule has 0 spiro atoms. The summed E-state index contributed by atoms with van der Waals surface area (Å²) in [4.78, 5) is 5.29. The Morgan fingerprint density at radius 1 is 1.24 bits per heavy atom. The maximum absolute atomic E-state index is 6.17. The monoisotopic (exact) mass is 301 g/mol. The molecular weight excluding hydrogens is 278 g/mol. The van der Waals surface area contributed by atoms with Crippen molar-refractivity contribution in [3.8, 4) is 0 Å². The largest absolute Gasteiger partial charge is 0.329 e.